The minimum Gasteiger partial charge on any atom is -0.443 e. The Kier molecular flexibility index (Phi) is 4.90. The molecule has 0 spiro atoms. The SMILES string of the molecule is Cc1ccc(-c2ocnc2C(=O)NCC(O)c2cccc(F)c2)cc1. The van der Waals surface area contributed by atoms with Crippen molar-refractivity contribution in [3.8, 4) is 11.3 Å². The van der Waals surface area contributed by atoms with Crippen molar-refractivity contribution < 1.29 is 18.7 Å². The fourth-order valence-electron chi connectivity index (χ4n) is 2.42. The Morgan fingerprint density at radius 2 is 2.04 bits per heavy atom. The monoisotopic (exact) mass is 340 g/mol. The molecule has 0 radical (unpaired) electrons. The summed E-state index contributed by atoms with van der Waals surface area (Å²) in [5.41, 5.74) is 2.35. The van der Waals surface area contributed by atoms with Crippen LogP contribution in [0.25, 0.3) is 11.3 Å². The third kappa shape index (κ3) is 3.92. The molecule has 25 heavy (non-hydrogen) atoms. The molecular weight excluding hydrogens is 323 g/mol. The number of hydrogen-bond donors (Lipinski definition) is 2. The molecule has 0 saturated heterocycles. The lowest BCUT2D eigenvalue weighted by molar-refractivity contribution is 0.0912. The number of aliphatic hydroxyl groups is 1. The Balaban J connectivity index is 1.70. The van der Waals surface area contributed by atoms with Crippen LogP contribution in [0.4, 0.5) is 4.39 Å². The van der Waals surface area contributed by atoms with Crippen molar-refractivity contribution in [1.29, 1.82) is 0 Å². The standard InChI is InChI=1S/C19H17FN2O3/c1-12-5-7-13(8-6-12)18-17(22-11-25-18)19(24)21-10-16(23)14-3-2-4-15(20)9-14/h2-9,11,16,23H,10H2,1H3,(H,21,24). The number of benzene rings is 2. The zero-order valence-electron chi connectivity index (χ0n) is 13.6. The van der Waals surface area contributed by atoms with Gasteiger partial charge in [0.15, 0.2) is 17.8 Å². The first-order valence-electron chi connectivity index (χ1n) is 7.77. The van der Waals surface area contributed by atoms with Crippen LogP contribution in [-0.2, 0) is 0 Å². The van der Waals surface area contributed by atoms with E-state index in [1.165, 1.54) is 24.6 Å². The molecule has 6 heteroatoms. The molecule has 3 aromatic rings. The number of nitrogens with zero attached hydrogens (tertiary/aromatic N) is 1. The van der Waals surface area contributed by atoms with E-state index in [-0.39, 0.29) is 12.2 Å². The number of aromatic nitrogens is 1. The topological polar surface area (TPSA) is 75.4 Å². The molecule has 0 aliphatic carbocycles. The molecule has 1 aromatic heterocycles. The molecule has 0 aliphatic heterocycles. The van der Waals surface area contributed by atoms with Gasteiger partial charge in [-0.2, -0.15) is 0 Å². The van der Waals surface area contributed by atoms with Crippen LogP contribution in [0.5, 0.6) is 0 Å². The van der Waals surface area contributed by atoms with Gasteiger partial charge in [0.2, 0.25) is 0 Å². The van der Waals surface area contributed by atoms with Crippen molar-refractivity contribution in [2.75, 3.05) is 6.54 Å². The first kappa shape index (κ1) is 16.9. The van der Waals surface area contributed by atoms with E-state index < -0.39 is 17.8 Å². The number of aliphatic hydroxyl groups excluding tert-OH is 1. The Bertz CT molecular complexity index is 874. The van der Waals surface area contributed by atoms with Crippen molar-refractivity contribution >= 4 is 5.91 Å². The van der Waals surface area contributed by atoms with E-state index in [1.807, 2.05) is 31.2 Å². The Morgan fingerprint density at radius 1 is 1.28 bits per heavy atom. The van der Waals surface area contributed by atoms with Gasteiger partial charge < -0.3 is 14.8 Å². The van der Waals surface area contributed by atoms with Crippen molar-refractivity contribution in [2.45, 2.75) is 13.0 Å². The molecular formula is C19H17FN2O3. The van der Waals surface area contributed by atoms with E-state index in [4.69, 9.17) is 4.42 Å². The average molecular weight is 340 g/mol. The highest BCUT2D eigenvalue weighted by Crippen LogP contribution is 2.23. The highest BCUT2D eigenvalue weighted by atomic mass is 19.1. The number of halogens is 1. The van der Waals surface area contributed by atoms with E-state index >= 15 is 0 Å². The number of amides is 1. The second-order valence-electron chi connectivity index (χ2n) is 5.68. The third-order valence-corrected chi connectivity index (χ3v) is 3.79. The third-order valence-electron chi connectivity index (χ3n) is 3.79. The second kappa shape index (κ2) is 7.27. The predicted molar refractivity (Wildman–Crippen MR) is 90.4 cm³/mol. The summed E-state index contributed by atoms with van der Waals surface area (Å²) in [6.45, 7) is 1.90. The number of hydrogen-bond acceptors (Lipinski definition) is 4. The summed E-state index contributed by atoms with van der Waals surface area (Å²) >= 11 is 0. The maximum atomic E-state index is 13.2. The fourth-order valence-corrected chi connectivity index (χ4v) is 2.42. The number of nitrogens with one attached hydrogen (secondary N) is 1. The highest BCUT2D eigenvalue weighted by molar-refractivity contribution is 5.97. The maximum Gasteiger partial charge on any atom is 0.274 e. The van der Waals surface area contributed by atoms with Crippen LogP contribution < -0.4 is 5.32 Å². The lowest BCUT2D eigenvalue weighted by atomic mass is 10.1. The van der Waals surface area contributed by atoms with Crippen molar-refractivity contribution in [3.63, 3.8) is 0 Å². The van der Waals surface area contributed by atoms with E-state index in [0.29, 0.717) is 11.3 Å². The summed E-state index contributed by atoms with van der Waals surface area (Å²) in [4.78, 5) is 16.3. The number of carbonyl (C=O) groups excluding carboxylic acids is 1. The van der Waals surface area contributed by atoms with Crippen LogP contribution in [0, 0.1) is 12.7 Å². The van der Waals surface area contributed by atoms with Crippen molar-refractivity contribution in [2.24, 2.45) is 0 Å². The lowest BCUT2D eigenvalue weighted by Gasteiger charge is -2.12. The van der Waals surface area contributed by atoms with E-state index in [0.717, 1.165) is 11.1 Å². The molecule has 2 aromatic carbocycles. The molecule has 1 amide bonds. The Morgan fingerprint density at radius 3 is 2.76 bits per heavy atom. The minimum absolute atomic E-state index is 0.0670. The van der Waals surface area contributed by atoms with Gasteiger partial charge in [0, 0.05) is 12.1 Å². The van der Waals surface area contributed by atoms with Crippen LogP contribution in [0.15, 0.2) is 59.3 Å². The largest absolute Gasteiger partial charge is 0.443 e. The molecule has 2 N–H and O–H groups in total. The van der Waals surface area contributed by atoms with Crippen molar-refractivity contribution in [1.82, 2.24) is 10.3 Å². The number of rotatable bonds is 5. The average Bonchev–Trinajstić information content (AvgIpc) is 3.10. The summed E-state index contributed by atoms with van der Waals surface area (Å²) in [5.74, 6) is -0.557. The number of carbonyl (C=O) groups is 1. The quantitative estimate of drug-likeness (QED) is 0.747. The van der Waals surface area contributed by atoms with Gasteiger partial charge >= 0.3 is 0 Å². The van der Waals surface area contributed by atoms with Gasteiger partial charge in [-0.25, -0.2) is 9.37 Å². The first-order valence-corrected chi connectivity index (χ1v) is 7.77. The van der Waals surface area contributed by atoms with E-state index in [1.54, 1.807) is 6.07 Å². The zero-order valence-corrected chi connectivity index (χ0v) is 13.6. The van der Waals surface area contributed by atoms with Crippen LogP contribution in [0.3, 0.4) is 0 Å². The van der Waals surface area contributed by atoms with E-state index in [9.17, 15) is 14.3 Å². The van der Waals surface area contributed by atoms with Crippen LogP contribution >= 0.6 is 0 Å². The minimum atomic E-state index is -1.02. The van der Waals surface area contributed by atoms with E-state index in [2.05, 4.69) is 10.3 Å². The summed E-state index contributed by atoms with van der Waals surface area (Å²) in [5, 5.41) is 12.7. The summed E-state index contributed by atoms with van der Waals surface area (Å²) < 4.78 is 18.5. The van der Waals surface area contributed by atoms with Gasteiger partial charge in [-0.15, -0.1) is 0 Å². The predicted octanol–water partition coefficient (Wildman–Crippen LogP) is 3.25. The zero-order chi connectivity index (χ0) is 17.8. The molecule has 128 valence electrons. The molecule has 5 nitrogen and oxygen atoms in total. The van der Waals surface area contributed by atoms with Crippen LogP contribution in [0.1, 0.15) is 27.7 Å². The van der Waals surface area contributed by atoms with Crippen LogP contribution in [0.2, 0.25) is 0 Å². The summed E-state index contributed by atoms with van der Waals surface area (Å²) in [7, 11) is 0. The van der Waals surface area contributed by atoms with Gasteiger partial charge in [-0.3, -0.25) is 4.79 Å². The normalized spacial score (nSPS) is 12.0. The van der Waals surface area contributed by atoms with Crippen molar-refractivity contribution in [3.05, 3.63) is 77.6 Å². The maximum absolute atomic E-state index is 13.2. The van der Waals surface area contributed by atoms with Gasteiger partial charge in [-0.1, -0.05) is 42.0 Å². The lowest BCUT2D eigenvalue weighted by Crippen LogP contribution is -2.29. The van der Waals surface area contributed by atoms with Gasteiger partial charge in [0.25, 0.3) is 5.91 Å². The molecule has 0 bridgehead atoms. The molecule has 1 atom stereocenters. The molecule has 1 heterocycles. The molecule has 0 saturated carbocycles. The molecule has 0 fully saturated rings. The fraction of sp³-hybridized carbons (Fsp3) is 0.158. The molecule has 0 aliphatic rings. The van der Waals surface area contributed by atoms with Gasteiger partial charge in [-0.05, 0) is 24.6 Å². The number of oxazole rings is 1. The Hall–Kier alpha value is -2.99. The molecule has 3 rings (SSSR count). The van der Waals surface area contributed by atoms with Gasteiger partial charge in [0.1, 0.15) is 5.82 Å². The molecule has 1 unspecified atom stereocenters. The smallest absolute Gasteiger partial charge is 0.274 e. The highest BCUT2D eigenvalue weighted by Gasteiger charge is 2.19. The summed E-state index contributed by atoms with van der Waals surface area (Å²) in [6, 6.07) is 13.1. The summed E-state index contributed by atoms with van der Waals surface area (Å²) in [6.07, 6.45) is 0.182. The Labute approximate surface area is 144 Å². The first-order chi connectivity index (χ1) is 12.0. The van der Waals surface area contributed by atoms with Crippen LogP contribution in [-0.4, -0.2) is 22.5 Å². The number of aryl methyl sites for hydroxylation is 1. The van der Waals surface area contributed by atoms with Gasteiger partial charge in [0.05, 0.1) is 6.10 Å². The second-order valence-corrected chi connectivity index (χ2v) is 5.68.